The molecule has 0 saturated heterocycles. The van der Waals surface area contributed by atoms with E-state index in [1.807, 2.05) is 0 Å². The van der Waals surface area contributed by atoms with E-state index in [-0.39, 0.29) is 24.2 Å². The van der Waals surface area contributed by atoms with Crippen molar-refractivity contribution in [1.82, 2.24) is 5.32 Å². The normalized spacial score (nSPS) is 11.2. The van der Waals surface area contributed by atoms with Gasteiger partial charge >= 0.3 is 12.2 Å². The van der Waals surface area contributed by atoms with Crippen LogP contribution >= 0.6 is 0 Å². The summed E-state index contributed by atoms with van der Waals surface area (Å²) in [4.78, 5) is 11.7. The molecule has 2 amide bonds. The van der Waals surface area contributed by atoms with Crippen LogP contribution in [0.15, 0.2) is 42.5 Å². The lowest BCUT2D eigenvalue weighted by Crippen LogP contribution is -2.31. The zero-order chi connectivity index (χ0) is 17.7. The van der Waals surface area contributed by atoms with E-state index in [1.54, 1.807) is 0 Å². The molecule has 2 aromatic rings. The average Bonchev–Trinajstić information content (AvgIpc) is 2.49. The van der Waals surface area contributed by atoms with Crippen LogP contribution in [-0.2, 0) is 12.6 Å². The number of alkyl halides is 3. The fourth-order valence-electron chi connectivity index (χ4n) is 2.04. The molecular weight excluding hydrogens is 331 g/mol. The van der Waals surface area contributed by atoms with Crippen LogP contribution in [0.3, 0.4) is 0 Å². The lowest BCUT2D eigenvalue weighted by atomic mass is 10.1. The first-order valence-electron chi connectivity index (χ1n) is 6.92. The van der Waals surface area contributed by atoms with E-state index in [0.29, 0.717) is 0 Å². The molecule has 0 heterocycles. The van der Waals surface area contributed by atoms with E-state index >= 15 is 0 Å². The van der Waals surface area contributed by atoms with Crippen LogP contribution in [-0.4, -0.2) is 12.6 Å². The zero-order valence-corrected chi connectivity index (χ0v) is 12.3. The van der Waals surface area contributed by atoms with Crippen molar-refractivity contribution in [2.75, 3.05) is 11.9 Å². The molecule has 0 aliphatic rings. The maximum absolute atomic E-state index is 13.4. The Morgan fingerprint density at radius 2 is 1.75 bits per heavy atom. The minimum atomic E-state index is -4.60. The fraction of sp³-hybridized carbons (Fsp3) is 0.188. The number of urea groups is 1. The summed E-state index contributed by atoms with van der Waals surface area (Å²) >= 11 is 0. The van der Waals surface area contributed by atoms with Gasteiger partial charge in [0.2, 0.25) is 0 Å². The lowest BCUT2D eigenvalue weighted by molar-refractivity contribution is -0.136. The molecule has 0 bridgehead atoms. The molecule has 8 heteroatoms. The number of benzene rings is 2. The molecule has 3 nitrogen and oxygen atoms in total. The first kappa shape index (κ1) is 17.7. The fourth-order valence-corrected chi connectivity index (χ4v) is 2.04. The minimum Gasteiger partial charge on any atom is -0.338 e. The van der Waals surface area contributed by atoms with E-state index in [0.717, 1.165) is 24.3 Å². The van der Waals surface area contributed by atoms with Crippen molar-refractivity contribution in [2.24, 2.45) is 0 Å². The van der Waals surface area contributed by atoms with Crippen LogP contribution in [0, 0.1) is 11.6 Å². The number of para-hydroxylation sites is 1. The Morgan fingerprint density at radius 1 is 1.04 bits per heavy atom. The summed E-state index contributed by atoms with van der Waals surface area (Å²) in [5, 5.41) is 4.43. The Kier molecular flexibility index (Phi) is 5.38. The maximum Gasteiger partial charge on any atom is 0.418 e. The molecule has 0 saturated carbocycles. The largest absolute Gasteiger partial charge is 0.418 e. The minimum absolute atomic E-state index is 0.0252. The summed E-state index contributed by atoms with van der Waals surface area (Å²) in [6.45, 7) is -0.0252. The van der Waals surface area contributed by atoms with Gasteiger partial charge in [0.15, 0.2) is 0 Å². The van der Waals surface area contributed by atoms with Gasteiger partial charge in [0, 0.05) is 12.6 Å². The number of carbonyl (C=O) groups excluding carboxylic acids is 1. The number of rotatable bonds is 4. The third kappa shape index (κ3) is 4.68. The first-order valence-corrected chi connectivity index (χ1v) is 6.92. The molecule has 2 N–H and O–H groups in total. The van der Waals surface area contributed by atoms with Crippen molar-refractivity contribution in [2.45, 2.75) is 12.6 Å². The highest BCUT2D eigenvalue weighted by Gasteiger charge is 2.33. The predicted octanol–water partition coefficient (Wildman–Crippen LogP) is 4.35. The molecule has 0 aliphatic carbocycles. The standard InChI is InChI=1S/C16H13F5N2O/c17-11-6-5-10(13(18)9-11)7-8-22-15(24)23-14-4-2-1-3-12(14)16(19,20)21/h1-6,9H,7-8H2,(H2,22,23,24). The molecule has 2 aromatic carbocycles. The number of carbonyl (C=O) groups is 1. The van der Waals surface area contributed by atoms with Crippen LogP contribution in [0.25, 0.3) is 0 Å². The van der Waals surface area contributed by atoms with E-state index < -0.39 is 29.4 Å². The van der Waals surface area contributed by atoms with Crippen LogP contribution < -0.4 is 10.6 Å². The summed E-state index contributed by atoms with van der Waals surface area (Å²) in [5.74, 6) is -1.47. The zero-order valence-electron chi connectivity index (χ0n) is 12.3. The highest BCUT2D eigenvalue weighted by Crippen LogP contribution is 2.34. The number of amides is 2. The average molecular weight is 344 g/mol. The van der Waals surface area contributed by atoms with Crippen LogP contribution in [0.2, 0.25) is 0 Å². The third-order valence-electron chi connectivity index (χ3n) is 3.18. The Labute approximate surface area is 134 Å². The summed E-state index contributed by atoms with van der Waals surface area (Å²) in [7, 11) is 0. The van der Waals surface area contributed by atoms with Crippen LogP contribution in [0.4, 0.5) is 32.4 Å². The molecule has 0 atom stereocenters. The van der Waals surface area contributed by atoms with Gasteiger partial charge in [-0.1, -0.05) is 18.2 Å². The summed E-state index contributed by atoms with van der Waals surface area (Å²) in [6.07, 6.45) is -4.53. The highest BCUT2D eigenvalue weighted by molar-refractivity contribution is 5.90. The van der Waals surface area contributed by atoms with Crippen LogP contribution in [0.5, 0.6) is 0 Å². The van der Waals surface area contributed by atoms with Gasteiger partial charge in [-0.05, 0) is 30.2 Å². The second-order valence-electron chi connectivity index (χ2n) is 4.91. The molecule has 128 valence electrons. The van der Waals surface area contributed by atoms with Crippen LogP contribution in [0.1, 0.15) is 11.1 Å². The second kappa shape index (κ2) is 7.29. The topological polar surface area (TPSA) is 41.1 Å². The van der Waals surface area contributed by atoms with Crippen molar-refractivity contribution in [3.63, 3.8) is 0 Å². The Balaban J connectivity index is 1.93. The number of hydrogen-bond acceptors (Lipinski definition) is 1. The van der Waals surface area contributed by atoms with Gasteiger partial charge in [0.05, 0.1) is 11.3 Å². The molecule has 0 radical (unpaired) electrons. The van der Waals surface area contributed by atoms with E-state index in [1.165, 1.54) is 18.2 Å². The summed E-state index contributed by atoms with van der Waals surface area (Å²) in [5.41, 5.74) is -1.16. The molecule has 2 rings (SSSR count). The third-order valence-corrected chi connectivity index (χ3v) is 3.18. The second-order valence-corrected chi connectivity index (χ2v) is 4.91. The van der Waals surface area contributed by atoms with Crippen molar-refractivity contribution in [1.29, 1.82) is 0 Å². The molecule has 0 aliphatic heterocycles. The highest BCUT2D eigenvalue weighted by atomic mass is 19.4. The molecular formula is C16H13F5N2O. The Bertz CT molecular complexity index is 731. The summed E-state index contributed by atoms with van der Waals surface area (Å²) < 4.78 is 64.6. The molecule has 0 unspecified atom stereocenters. The van der Waals surface area contributed by atoms with Gasteiger partial charge in [0.25, 0.3) is 0 Å². The quantitative estimate of drug-likeness (QED) is 0.796. The van der Waals surface area contributed by atoms with Gasteiger partial charge in [-0.15, -0.1) is 0 Å². The van der Waals surface area contributed by atoms with Gasteiger partial charge in [-0.2, -0.15) is 13.2 Å². The summed E-state index contributed by atoms with van der Waals surface area (Å²) in [6, 6.07) is 6.73. The smallest absolute Gasteiger partial charge is 0.338 e. The van der Waals surface area contributed by atoms with Crippen molar-refractivity contribution >= 4 is 11.7 Å². The maximum atomic E-state index is 13.4. The van der Waals surface area contributed by atoms with E-state index in [9.17, 15) is 26.7 Å². The van der Waals surface area contributed by atoms with Gasteiger partial charge < -0.3 is 10.6 Å². The van der Waals surface area contributed by atoms with Crippen molar-refractivity contribution in [3.8, 4) is 0 Å². The SMILES string of the molecule is O=C(NCCc1ccc(F)cc1F)Nc1ccccc1C(F)(F)F. The molecule has 24 heavy (non-hydrogen) atoms. The number of anilines is 1. The lowest BCUT2D eigenvalue weighted by Gasteiger charge is -2.14. The predicted molar refractivity (Wildman–Crippen MR) is 78.5 cm³/mol. The monoisotopic (exact) mass is 344 g/mol. The molecule has 0 aromatic heterocycles. The Hall–Kier alpha value is -2.64. The van der Waals surface area contributed by atoms with E-state index in [2.05, 4.69) is 10.6 Å². The van der Waals surface area contributed by atoms with Gasteiger partial charge in [0.1, 0.15) is 11.6 Å². The number of hydrogen-bond donors (Lipinski definition) is 2. The molecule has 0 fully saturated rings. The first-order chi connectivity index (χ1) is 11.3. The number of nitrogens with one attached hydrogen (secondary N) is 2. The van der Waals surface area contributed by atoms with Gasteiger partial charge in [-0.3, -0.25) is 0 Å². The number of halogens is 5. The van der Waals surface area contributed by atoms with E-state index in [4.69, 9.17) is 0 Å². The van der Waals surface area contributed by atoms with Gasteiger partial charge in [-0.25, -0.2) is 13.6 Å². The van der Waals surface area contributed by atoms with Crippen molar-refractivity contribution < 1.29 is 26.7 Å². The Morgan fingerprint density at radius 3 is 2.42 bits per heavy atom. The van der Waals surface area contributed by atoms with Crippen molar-refractivity contribution in [3.05, 3.63) is 65.2 Å². The molecule has 0 spiro atoms.